The van der Waals surface area contributed by atoms with Crippen LogP contribution in [0.5, 0.6) is 0 Å². The minimum Gasteiger partial charge on any atom is -0.323 e. The van der Waals surface area contributed by atoms with Crippen LogP contribution < -0.4 is 5.32 Å². The molecule has 7 nitrogen and oxygen atoms in total. The normalized spacial score (nSPS) is 11.5. The van der Waals surface area contributed by atoms with Crippen LogP contribution in [0.2, 0.25) is 10.0 Å². The van der Waals surface area contributed by atoms with Gasteiger partial charge in [-0.15, -0.1) is 5.10 Å². The number of amides is 1. The number of halogens is 2. The number of imidazole rings is 1. The number of carbonyl (C=O) groups is 1. The quantitative estimate of drug-likeness (QED) is 0.453. The van der Waals surface area contributed by atoms with Gasteiger partial charge in [0.05, 0.1) is 21.9 Å². The van der Waals surface area contributed by atoms with E-state index in [1.165, 1.54) is 4.68 Å². The molecule has 158 valence electrons. The van der Waals surface area contributed by atoms with Gasteiger partial charge in [0.25, 0.3) is 5.91 Å². The zero-order valence-corrected chi connectivity index (χ0v) is 18.7. The maximum atomic E-state index is 12.9. The average molecular weight is 455 g/mol. The highest BCUT2D eigenvalue weighted by molar-refractivity contribution is 6.44. The summed E-state index contributed by atoms with van der Waals surface area (Å²) >= 11 is 12.2. The van der Waals surface area contributed by atoms with E-state index in [9.17, 15) is 4.79 Å². The Morgan fingerprint density at radius 3 is 2.52 bits per heavy atom. The monoisotopic (exact) mass is 454 g/mol. The Bertz CT molecular complexity index is 1240. The van der Waals surface area contributed by atoms with Gasteiger partial charge >= 0.3 is 0 Å². The molecule has 0 saturated carbocycles. The van der Waals surface area contributed by atoms with Crippen molar-refractivity contribution in [1.29, 1.82) is 0 Å². The first-order valence-corrected chi connectivity index (χ1v) is 10.3. The zero-order chi connectivity index (χ0) is 22.2. The number of hydrogen-bond donors (Lipinski definition) is 1. The third kappa shape index (κ3) is 4.06. The molecule has 1 N–H and O–H groups in total. The SMILES string of the molecule is Cc1nccn1-c1ccc(-c2cn(C(C)(C)C(=O)Nc3cccc(Cl)c3Cl)nn2)cc1. The summed E-state index contributed by atoms with van der Waals surface area (Å²) in [5.41, 5.74) is 1.99. The van der Waals surface area contributed by atoms with E-state index in [4.69, 9.17) is 23.2 Å². The molecule has 31 heavy (non-hydrogen) atoms. The number of hydrogen-bond acceptors (Lipinski definition) is 4. The van der Waals surface area contributed by atoms with Crippen LogP contribution in [0.1, 0.15) is 19.7 Å². The van der Waals surface area contributed by atoms with Gasteiger partial charge in [-0.3, -0.25) is 4.79 Å². The van der Waals surface area contributed by atoms with Gasteiger partial charge in [-0.05, 0) is 45.0 Å². The molecule has 0 unspecified atom stereocenters. The second kappa shape index (κ2) is 8.17. The molecule has 0 fully saturated rings. The summed E-state index contributed by atoms with van der Waals surface area (Å²) in [5.74, 6) is 0.616. The van der Waals surface area contributed by atoms with E-state index in [0.717, 1.165) is 17.1 Å². The van der Waals surface area contributed by atoms with Crippen molar-refractivity contribution >= 4 is 34.8 Å². The Morgan fingerprint density at radius 1 is 1.10 bits per heavy atom. The second-order valence-corrected chi connectivity index (χ2v) is 8.34. The van der Waals surface area contributed by atoms with Crippen LogP contribution in [-0.2, 0) is 10.3 Å². The number of aromatic nitrogens is 5. The number of nitrogens with one attached hydrogen (secondary N) is 1. The molecular formula is C22H20Cl2N6O. The van der Waals surface area contributed by atoms with Crippen LogP contribution in [0, 0.1) is 6.92 Å². The smallest absolute Gasteiger partial charge is 0.251 e. The lowest BCUT2D eigenvalue weighted by Crippen LogP contribution is -2.40. The summed E-state index contributed by atoms with van der Waals surface area (Å²) in [6.07, 6.45) is 5.42. The molecule has 0 bridgehead atoms. The molecule has 0 radical (unpaired) electrons. The molecule has 0 atom stereocenters. The fourth-order valence-corrected chi connectivity index (χ4v) is 3.44. The molecule has 2 aromatic carbocycles. The summed E-state index contributed by atoms with van der Waals surface area (Å²) < 4.78 is 3.53. The van der Waals surface area contributed by atoms with Crippen LogP contribution in [0.15, 0.2) is 61.1 Å². The summed E-state index contributed by atoms with van der Waals surface area (Å²) in [6, 6.07) is 13.0. The molecule has 0 saturated heterocycles. The van der Waals surface area contributed by atoms with Gasteiger partial charge in [0.1, 0.15) is 17.1 Å². The third-order valence-corrected chi connectivity index (χ3v) is 5.91. The van der Waals surface area contributed by atoms with Crippen LogP contribution in [0.3, 0.4) is 0 Å². The third-order valence-electron chi connectivity index (χ3n) is 5.09. The fraction of sp³-hybridized carbons (Fsp3) is 0.182. The highest BCUT2D eigenvalue weighted by Gasteiger charge is 2.32. The summed E-state index contributed by atoms with van der Waals surface area (Å²) in [5, 5.41) is 11.9. The number of nitrogens with zero attached hydrogens (tertiary/aromatic N) is 5. The fourth-order valence-electron chi connectivity index (χ4n) is 3.09. The molecule has 9 heteroatoms. The Labute approximate surface area is 189 Å². The van der Waals surface area contributed by atoms with E-state index < -0.39 is 5.54 Å². The molecule has 4 rings (SSSR count). The summed E-state index contributed by atoms with van der Waals surface area (Å²) in [7, 11) is 0. The molecule has 0 aliphatic carbocycles. The van der Waals surface area contributed by atoms with E-state index in [-0.39, 0.29) is 5.91 Å². The maximum absolute atomic E-state index is 12.9. The Kier molecular flexibility index (Phi) is 5.56. The molecule has 2 aromatic heterocycles. The topological polar surface area (TPSA) is 77.6 Å². The first-order chi connectivity index (χ1) is 14.8. The highest BCUT2D eigenvalue weighted by atomic mass is 35.5. The molecule has 0 spiro atoms. The largest absolute Gasteiger partial charge is 0.323 e. The van der Waals surface area contributed by atoms with Gasteiger partial charge in [0, 0.05) is 23.6 Å². The van der Waals surface area contributed by atoms with Crippen molar-refractivity contribution in [1.82, 2.24) is 24.5 Å². The number of aryl methyl sites for hydroxylation is 1. The van der Waals surface area contributed by atoms with Gasteiger partial charge in [0.15, 0.2) is 0 Å². The minimum absolute atomic E-state index is 0.292. The Morgan fingerprint density at radius 2 is 1.84 bits per heavy atom. The number of carbonyl (C=O) groups excluding carboxylic acids is 1. The first-order valence-electron chi connectivity index (χ1n) is 9.56. The Balaban J connectivity index is 1.55. The molecule has 0 aliphatic heterocycles. The Hall–Kier alpha value is -3.16. The standard InChI is InChI=1S/C22H20Cl2N6O/c1-14-25-11-12-29(14)16-9-7-15(8-10-16)19-13-30(28-27-19)22(2,3)21(31)26-18-6-4-5-17(23)20(18)24/h4-13H,1-3H3,(H,26,31). The van der Waals surface area contributed by atoms with Crippen molar-refractivity contribution in [3.63, 3.8) is 0 Å². The van der Waals surface area contributed by atoms with Crippen molar-refractivity contribution in [2.24, 2.45) is 0 Å². The molecular weight excluding hydrogens is 435 g/mol. The summed E-state index contributed by atoms with van der Waals surface area (Å²) in [4.78, 5) is 17.2. The van der Waals surface area contributed by atoms with Crippen molar-refractivity contribution in [2.75, 3.05) is 5.32 Å². The van der Waals surface area contributed by atoms with Crippen molar-refractivity contribution in [3.05, 3.63) is 76.9 Å². The predicted molar refractivity (Wildman–Crippen MR) is 122 cm³/mol. The zero-order valence-electron chi connectivity index (χ0n) is 17.2. The van der Waals surface area contributed by atoms with Gasteiger partial charge in [-0.1, -0.05) is 46.6 Å². The van der Waals surface area contributed by atoms with Gasteiger partial charge in [-0.2, -0.15) is 0 Å². The van der Waals surface area contributed by atoms with Crippen LogP contribution in [0.4, 0.5) is 5.69 Å². The molecule has 2 heterocycles. The van der Waals surface area contributed by atoms with Gasteiger partial charge < -0.3 is 9.88 Å². The maximum Gasteiger partial charge on any atom is 0.251 e. The minimum atomic E-state index is -1.01. The van der Waals surface area contributed by atoms with Crippen molar-refractivity contribution in [2.45, 2.75) is 26.3 Å². The molecule has 4 aromatic rings. The first kappa shape index (κ1) is 21.1. The number of anilines is 1. The highest BCUT2D eigenvalue weighted by Crippen LogP contribution is 2.31. The number of rotatable bonds is 5. The lowest BCUT2D eigenvalue weighted by Gasteiger charge is -2.23. The van der Waals surface area contributed by atoms with E-state index in [0.29, 0.717) is 21.4 Å². The van der Waals surface area contributed by atoms with Gasteiger partial charge in [-0.25, -0.2) is 9.67 Å². The molecule has 1 amide bonds. The second-order valence-electron chi connectivity index (χ2n) is 7.55. The van der Waals surface area contributed by atoms with Crippen molar-refractivity contribution in [3.8, 4) is 16.9 Å². The van der Waals surface area contributed by atoms with Crippen molar-refractivity contribution < 1.29 is 4.79 Å². The average Bonchev–Trinajstić information content (AvgIpc) is 3.41. The van der Waals surface area contributed by atoms with E-state index >= 15 is 0 Å². The van der Waals surface area contributed by atoms with Crippen LogP contribution in [-0.4, -0.2) is 30.5 Å². The van der Waals surface area contributed by atoms with Crippen LogP contribution in [0.25, 0.3) is 16.9 Å². The van der Waals surface area contributed by atoms with E-state index in [1.54, 1.807) is 44.4 Å². The number of benzene rings is 2. The van der Waals surface area contributed by atoms with E-state index in [2.05, 4.69) is 20.6 Å². The molecule has 0 aliphatic rings. The lowest BCUT2D eigenvalue weighted by atomic mass is 10.0. The predicted octanol–water partition coefficient (Wildman–Crippen LogP) is 5.12. The summed E-state index contributed by atoms with van der Waals surface area (Å²) in [6.45, 7) is 5.46. The van der Waals surface area contributed by atoms with Gasteiger partial charge in [0.2, 0.25) is 0 Å². The lowest BCUT2D eigenvalue weighted by molar-refractivity contribution is -0.123. The van der Waals surface area contributed by atoms with E-state index in [1.807, 2.05) is 42.0 Å². The van der Waals surface area contributed by atoms with Crippen LogP contribution >= 0.6 is 23.2 Å².